The van der Waals surface area contributed by atoms with Crippen LogP contribution in [0.4, 0.5) is 5.69 Å². The zero-order valence-corrected chi connectivity index (χ0v) is 10.4. The Morgan fingerprint density at radius 2 is 2.06 bits per heavy atom. The van der Waals surface area contributed by atoms with E-state index < -0.39 is 0 Å². The summed E-state index contributed by atoms with van der Waals surface area (Å²) in [6.45, 7) is 1.61. The number of fused-ring (bicyclic) bond motifs is 1. The summed E-state index contributed by atoms with van der Waals surface area (Å²) in [4.78, 5) is 4.35. The van der Waals surface area contributed by atoms with Gasteiger partial charge in [-0.15, -0.1) is 0 Å². The van der Waals surface area contributed by atoms with Crippen molar-refractivity contribution in [3.05, 3.63) is 18.5 Å². The van der Waals surface area contributed by atoms with Gasteiger partial charge >= 0.3 is 0 Å². The first kappa shape index (κ1) is 12.4. The Bertz CT molecular complexity index is 507. The van der Waals surface area contributed by atoms with Crippen molar-refractivity contribution < 1.29 is 21.8 Å². The van der Waals surface area contributed by atoms with E-state index in [1.165, 1.54) is 0 Å². The van der Waals surface area contributed by atoms with Gasteiger partial charge in [-0.3, -0.25) is 0 Å². The van der Waals surface area contributed by atoms with Crippen LogP contribution in [0.2, 0.25) is 0 Å². The van der Waals surface area contributed by atoms with E-state index >= 15 is 0 Å². The van der Waals surface area contributed by atoms with E-state index in [9.17, 15) is 0 Å². The Morgan fingerprint density at radius 1 is 1.29 bits per heavy atom. The second kappa shape index (κ2) is 5.04. The number of aromatic nitrogens is 3. The molecule has 2 aromatic heterocycles. The first-order valence-electron chi connectivity index (χ1n) is 5.51. The van der Waals surface area contributed by atoms with Gasteiger partial charge in [-0.2, -0.15) is 5.10 Å². The number of nitrogens with zero attached hydrogens (tertiary/aromatic N) is 3. The van der Waals surface area contributed by atoms with Gasteiger partial charge in [-0.05, 0) is 18.9 Å². The Kier molecular flexibility index (Phi) is 3.66. The molecule has 17 heavy (non-hydrogen) atoms. The molecule has 3 heterocycles. The van der Waals surface area contributed by atoms with Gasteiger partial charge in [-0.1, -0.05) is 0 Å². The molecule has 0 amide bonds. The van der Waals surface area contributed by atoms with Gasteiger partial charge in [-0.25, -0.2) is 9.67 Å². The standard InChI is InChI=1S/C11H14N4O.Fe/c12-9-5-8-6-14-15(11(8)13-7-9)10-1-3-16-4-2-10;/h5-7,10H,1-4,12H2;. The minimum Gasteiger partial charge on any atom is -0.397 e. The third-order valence-corrected chi connectivity index (χ3v) is 2.99. The van der Waals surface area contributed by atoms with E-state index in [0.717, 1.165) is 37.1 Å². The fourth-order valence-electron chi connectivity index (χ4n) is 2.15. The molecule has 0 atom stereocenters. The Morgan fingerprint density at radius 3 is 2.82 bits per heavy atom. The molecule has 0 radical (unpaired) electrons. The maximum atomic E-state index is 5.69. The maximum Gasteiger partial charge on any atom is 0.158 e. The van der Waals surface area contributed by atoms with Crippen LogP contribution in [-0.4, -0.2) is 28.0 Å². The van der Waals surface area contributed by atoms with Crippen molar-refractivity contribution in [1.29, 1.82) is 0 Å². The predicted molar refractivity (Wildman–Crippen MR) is 61.0 cm³/mol. The minimum absolute atomic E-state index is 0. The molecule has 3 rings (SSSR count). The van der Waals surface area contributed by atoms with Gasteiger partial charge in [0.25, 0.3) is 0 Å². The number of nitrogens with two attached hydrogens (primary N) is 1. The zero-order valence-electron chi connectivity index (χ0n) is 9.32. The summed E-state index contributed by atoms with van der Waals surface area (Å²) in [7, 11) is 0. The van der Waals surface area contributed by atoms with Crippen LogP contribution in [0.25, 0.3) is 11.0 Å². The maximum absolute atomic E-state index is 5.69. The average Bonchev–Trinajstić information content (AvgIpc) is 2.73. The van der Waals surface area contributed by atoms with Crippen molar-refractivity contribution in [2.75, 3.05) is 18.9 Å². The number of pyridine rings is 1. The van der Waals surface area contributed by atoms with E-state index in [0.29, 0.717) is 11.7 Å². The molecule has 1 aliphatic heterocycles. The topological polar surface area (TPSA) is 66.0 Å². The fraction of sp³-hybridized carbons (Fsp3) is 0.455. The fourth-order valence-corrected chi connectivity index (χ4v) is 2.15. The van der Waals surface area contributed by atoms with Crippen molar-refractivity contribution in [3.8, 4) is 0 Å². The molecule has 2 N–H and O–H groups in total. The van der Waals surface area contributed by atoms with Crippen LogP contribution in [0.1, 0.15) is 18.9 Å². The minimum atomic E-state index is 0. The summed E-state index contributed by atoms with van der Waals surface area (Å²) < 4.78 is 7.34. The van der Waals surface area contributed by atoms with E-state index in [1.807, 2.05) is 16.9 Å². The van der Waals surface area contributed by atoms with Crippen molar-refractivity contribution in [2.24, 2.45) is 0 Å². The van der Waals surface area contributed by atoms with E-state index in [1.54, 1.807) is 6.20 Å². The summed E-state index contributed by atoms with van der Waals surface area (Å²) in [5.41, 5.74) is 7.29. The molecule has 1 aliphatic rings. The molecule has 6 heteroatoms. The van der Waals surface area contributed by atoms with E-state index in [-0.39, 0.29) is 17.1 Å². The third kappa shape index (κ3) is 2.29. The molecule has 1 saturated heterocycles. The molecule has 0 aliphatic carbocycles. The smallest absolute Gasteiger partial charge is 0.158 e. The molecule has 0 unspecified atom stereocenters. The number of anilines is 1. The zero-order chi connectivity index (χ0) is 11.0. The molecule has 0 bridgehead atoms. The molecular formula is C11H14FeN4O. The monoisotopic (exact) mass is 274 g/mol. The summed E-state index contributed by atoms with van der Waals surface area (Å²) >= 11 is 0. The Hall–Kier alpha value is -1.10. The molecule has 0 aromatic carbocycles. The van der Waals surface area contributed by atoms with Gasteiger partial charge in [0.05, 0.1) is 24.1 Å². The quantitative estimate of drug-likeness (QED) is 0.797. The molecule has 0 saturated carbocycles. The Labute approximate surface area is 110 Å². The van der Waals surface area contributed by atoms with Crippen LogP contribution >= 0.6 is 0 Å². The number of hydrogen-bond acceptors (Lipinski definition) is 4. The molecule has 1 fully saturated rings. The first-order valence-corrected chi connectivity index (χ1v) is 5.51. The molecule has 5 nitrogen and oxygen atoms in total. The van der Waals surface area contributed by atoms with Gasteiger partial charge in [0.15, 0.2) is 5.65 Å². The van der Waals surface area contributed by atoms with Gasteiger partial charge in [0.1, 0.15) is 0 Å². The molecule has 2 aromatic rings. The number of rotatable bonds is 1. The number of hydrogen-bond donors (Lipinski definition) is 1. The van der Waals surface area contributed by atoms with Crippen LogP contribution in [0.5, 0.6) is 0 Å². The normalized spacial score (nSPS) is 16.9. The second-order valence-electron chi connectivity index (χ2n) is 4.11. The summed E-state index contributed by atoms with van der Waals surface area (Å²) in [6.07, 6.45) is 5.51. The van der Waals surface area contributed by atoms with Crippen LogP contribution in [0, 0.1) is 0 Å². The second-order valence-corrected chi connectivity index (χ2v) is 4.11. The van der Waals surface area contributed by atoms with Crippen LogP contribution in [0.15, 0.2) is 18.5 Å². The van der Waals surface area contributed by atoms with E-state index in [2.05, 4.69) is 10.1 Å². The van der Waals surface area contributed by atoms with Crippen molar-refractivity contribution >= 4 is 16.7 Å². The van der Waals surface area contributed by atoms with E-state index in [4.69, 9.17) is 10.5 Å². The van der Waals surface area contributed by atoms with Crippen LogP contribution in [-0.2, 0) is 21.8 Å². The summed E-state index contributed by atoms with van der Waals surface area (Å²) in [5.74, 6) is 0. The SMILES string of the molecule is Nc1cnc2c(cnn2C2CCOCC2)c1.[Fe]. The van der Waals surface area contributed by atoms with Crippen molar-refractivity contribution in [2.45, 2.75) is 18.9 Å². The van der Waals surface area contributed by atoms with Crippen LogP contribution < -0.4 is 5.73 Å². The molecule has 0 spiro atoms. The van der Waals surface area contributed by atoms with Crippen molar-refractivity contribution in [3.63, 3.8) is 0 Å². The van der Waals surface area contributed by atoms with Gasteiger partial charge < -0.3 is 10.5 Å². The van der Waals surface area contributed by atoms with Crippen LogP contribution in [0.3, 0.4) is 0 Å². The number of nitrogen functional groups attached to an aromatic ring is 1. The predicted octanol–water partition coefficient (Wildman–Crippen LogP) is 1.36. The average molecular weight is 274 g/mol. The van der Waals surface area contributed by atoms with Gasteiger partial charge in [0.2, 0.25) is 0 Å². The summed E-state index contributed by atoms with van der Waals surface area (Å²) in [5, 5.41) is 5.41. The third-order valence-electron chi connectivity index (χ3n) is 2.99. The summed E-state index contributed by atoms with van der Waals surface area (Å²) in [6, 6.07) is 2.31. The number of ether oxygens (including phenoxy) is 1. The first-order chi connectivity index (χ1) is 7.84. The molecular weight excluding hydrogens is 260 g/mol. The molecule has 92 valence electrons. The van der Waals surface area contributed by atoms with Crippen molar-refractivity contribution in [1.82, 2.24) is 14.8 Å². The Balaban J connectivity index is 0.00000108. The largest absolute Gasteiger partial charge is 0.397 e. The van der Waals surface area contributed by atoms with Gasteiger partial charge in [0, 0.05) is 35.7 Å².